The highest BCUT2D eigenvalue weighted by Crippen LogP contribution is 2.61. The highest BCUT2D eigenvalue weighted by atomic mass is 14.5. The van der Waals surface area contributed by atoms with E-state index < -0.39 is 0 Å². The topological polar surface area (TPSA) is 0 Å². The summed E-state index contributed by atoms with van der Waals surface area (Å²) in [6.07, 6.45) is 0. The van der Waals surface area contributed by atoms with E-state index in [1.165, 1.54) is 110 Å². The largest absolute Gasteiger partial charge is 0.0619 e. The van der Waals surface area contributed by atoms with E-state index in [4.69, 9.17) is 0 Å². The summed E-state index contributed by atoms with van der Waals surface area (Å²) in [5.74, 6) is 0. The van der Waals surface area contributed by atoms with Gasteiger partial charge in [-0.25, -0.2) is 0 Å². The van der Waals surface area contributed by atoms with Crippen LogP contribution in [0.15, 0.2) is 170 Å². The van der Waals surface area contributed by atoms with Crippen molar-refractivity contribution in [3.63, 3.8) is 0 Å². The molecule has 0 saturated carbocycles. The van der Waals surface area contributed by atoms with Gasteiger partial charge in [0.2, 0.25) is 0 Å². The number of hydrogen-bond donors (Lipinski definition) is 0. The van der Waals surface area contributed by atoms with Gasteiger partial charge in [0.25, 0.3) is 0 Å². The van der Waals surface area contributed by atoms with Gasteiger partial charge in [-0.2, -0.15) is 0 Å². The fraction of sp³-hybridized carbons (Fsp3) is 0.111. The first-order valence-electron chi connectivity index (χ1n) is 19.3. The third-order valence-corrected chi connectivity index (χ3v) is 12.8. The van der Waals surface area contributed by atoms with Crippen molar-refractivity contribution in [2.75, 3.05) is 0 Å². The zero-order valence-electron chi connectivity index (χ0n) is 31.2. The first kappa shape index (κ1) is 31.3. The van der Waals surface area contributed by atoms with Crippen molar-refractivity contribution in [1.82, 2.24) is 0 Å². The molecule has 0 amide bonds. The van der Waals surface area contributed by atoms with Gasteiger partial charge >= 0.3 is 0 Å². The maximum absolute atomic E-state index is 2.56. The van der Waals surface area contributed by atoms with E-state index in [0.717, 1.165) is 0 Å². The number of fused-ring (bicyclic) bond motifs is 10. The Morgan fingerprint density at radius 3 is 1.46 bits per heavy atom. The molecule has 0 atom stereocenters. The van der Waals surface area contributed by atoms with Gasteiger partial charge in [-0.1, -0.05) is 185 Å². The Hall–Kier alpha value is -6.24. The summed E-state index contributed by atoms with van der Waals surface area (Å²) in [6.45, 7) is 9.67. The molecule has 11 rings (SSSR count). The summed E-state index contributed by atoms with van der Waals surface area (Å²) in [4.78, 5) is 0. The van der Waals surface area contributed by atoms with Crippen LogP contribution in [0.2, 0.25) is 0 Å². The normalized spacial score (nSPS) is 14.6. The van der Waals surface area contributed by atoms with Crippen LogP contribution >= 0.6 is 0 Å². The molecule has 0 spiro atoms. The molecule has 256 valence electrons. The molecule has 54 heavy (non-hydrogen) atoms. The van der Waals surface area contributed by atoms with Gasteiger partial charge in [0.05, 0.1) is 0 Å². The molecule has 0 saturated heterocycles. The van der Waals surface area contributed by atoms with Crippen molar-refractivity contribution in [3.05, 3.63) is 192 Å². The highest BCUT2D eigenvalue weighted by Gasteiger charge is 2.45. The average Bonchev–Trinajstić information content (AvgIpc) is 3.59. The summed E-state index contributed by atoms with van der Waals surface area (Å²) in [5.41, 5.74) is 18.7. The van der Waals surface area contributed by atoms with Crippen LogP contribution in [0.25, 0.3) is 88.0 Å². The molecule has 0 radical (unpaired) electrons. The maximum atomic E-state index is 2.56. The van der Waals surface area contributed by atoms with Crippen LogP contribution in [0, 0.1) is 0 Å². The molecule has 0 unspecified atom stereocenters. The van der Waals surface area contributed by atoms with E-state index in [9.17, 15) is 0 Å². The Kier molecular flexibility index (Phi) is 6.46. The second kappa shape index (κ2) is 11.1. The number of benzene rings is 9. The second-order valence-electron chi connectivity index (χ2n) is 16.4. The second-order valence-corrected chi connectivity index (χ2v) is 16.4. The molecule has 0 heteroatoms. The van der Waals surface area contributed by atoms with Gasteiger partial charge in [-0.15, -0.1) is 0 Å². The van der Waals surface area contributed by atoms with Gasteiger partial charge in [0.1, 0.15) is 0 Å². The third-order valence-electron chi connectivity index (χ3n) is 12.8. The van der Waals surface area contributed by atoms with E-state index >= 15 is 0 Å². The Bertz CT molecular complexity index is 2980. The Labute approximate surface area is 317 Å². The van der Waals surface area contributed by atoms with Crippen molar-refractivity contribution in [3.8, 4) is 55.6 Å². The van der Waals surface area contributed by atoms with Gasteiger partial charge in [-0.05, 0) is 122 Å². The average molecular weight is 689 g/mol. The van der Waals surface area contributed by atoms with Crippen molar-refractivity contribution < 1.29 is 0 Å². The molecule has 2 aliphatic carbocycles. The molecule has 9 aromatic carbocycles. The van der Waals surface area contributed by atoms with E-state index in [0.29, 0.717) is 0 Å². The fourth-order valence-electron chi connectivity index (χ4n) is 10.4. The zero-order chi connectivity index (χ0) is 36.3. The van der Waals surface area contributed by atoms with Gasteiger partial charge < -0.3 is 0 Å². The molecule has 0 N–H and O–H groups in total. The maximum Gasteiger partial charge on any atom is 0.0165 e. The minimum atomic E-state index is -0.159. The van der Waals surface area contributed by atoms with Crippen LogP contribution in [-0.2, 0) is 10.8 Å². The molecular weight excluding hydrogens is 649 g/mol. The van der Waals surface area contributed by atoms with Gasteiger partial charge in [-0.3, -0.25) is 0 Å². The lowest BCUT2D eigenvalue weighted by atomic mass is 9.75. The zero-order valence-corrected chi connectivity index (χ0v) is 31.2. The van der Waals surface area contributed by atoms with E-state index in [1.807, 2.05) is 0 Å². The van der Waals surface area contributed by atoms with Crippen molar-refractivity contribution in [2.24, 2.45) is 0 Å². The minimum Gasteiger partial charge on any atom is -0.0619 e. The molecule has 0 nitrogen and oxygen atoms in total. The van der Waals surface area contributed by atoms with Crippen LogP contribution in [0.3, 0.4) is 0 Å². The number of hydrogen-bond acceptors (Lipinski definition) is 0. The van der Waals surface area contributed by atoms with Crippen molar-refractivity contribution in [2.45, 2.75) is 38.5 Å². The lowest BCUT2D eigenvalue weighted by molar-refractivity contribution is 0.652. The van der Waals surface area contributed by atoms with Gasteiger partial charge in [0.15, 0.2) is 0 Å². The lowest BCUT2D eigenvalue weighted by Gasteiger charge is -2.28. The molecule has 0 heterocycles. The van der Waals surface area contributed by atoms with Crippen LogP contribution < -0.4 is 0 Å². The van der Waals surface area contributed by atoms with E-state index in [-0.39, 0.29) is 10.8 Å². The first-order chi connectivity index (χ1) is 26.3. The van der Waals surface area contributed by atoms with Crippen LogP contribution in [0.1, 0.15) is 49.9 Å². The quantitative estimate of drug-likeness (QED) is 0.162. The Morgan fingerprint density at radius 2 is 0.778 bits per heavy atom. The van der Waals surface area contributed by atoms with Crippen LogP contribution in [0.5, 0.6) is 0 Å². The molecule has 0 aromatic heterocycles. The molecule has 2 aliphatic rings. The third kappa shape index (κ3) is 4.14. The molecule has 0 bridgehead atoms. The highest BCUT2D eigenvalue weighted by molar-refractivity contribution is 6.23. The predicted octanol–water partition coefficient (Wildman–Crippen LogP) is 14.8. The van der Waals surface area contributed by atoms with Crippen LogP contribution in [-0.4, -0.2) is 0 Å². The molecule has 0 fully saturated rings. The fourth-order valence-corrected chi connectivity index (χ4v) is 10.4. The van der Waals surface area contributed by atoms with Crippen LogP contribution in [0.4, 0.5) is 0 Å². The minimum absolute atomic E-state index is 0.112. The summed E-state index contributed by atoms with van der Waals surface area (Å²) in [6, 6.07) is 63.8. The van der Waals surface area contributed by atoms with E-state index in [2.05, 4.69) is 198 Å². The predicted molar refractivity (Wildman–Crippen MR) is 230 cm³/mol. The standard InChI is InChI=1S/C54H40/c1-53(2)45-29-13-11-26-42(45)50-47(53)32-44(52-51(50)43-27-12-14-30-46(43)54(52,3)4)34-19-15-20-35(31-34)48-38-22-7-9-24-40(38)49(41-25-10-8-23-39(41)48)37-28-16-18-33-17-5-6-21-36(33)37/h5-32H,1-4H3. The first-order valence-corrected chi connectivity index (χ1v) is 19.3. The summed E-state index contributed by atoms with van der Waals surface area (Å²) >= 11 is 0. The van der Waals surface area contributed by atoms with Gasteiger partial charge in [0, 0.05) is 10.8 Å². The molecular formula is C54H40. The smallest absolute Gasteiger partial charge is 0.0165 e. The van der Waals surface area contributed by atoms with Crippen molar-refractivity contribution in [1.29, 1.82) is 0 Å². The Morgan fingerprint density at radius 1 is 0.296 bits per heavy atom. The summed E-state index contributed by atoms with van der Waals surface area (Å²) < 4.78 is 0. The summed E-state index contributed by atoms with van der Waals surface area (Å²) in [5, 5.41) is 7.66. The van der Waals surface area contributed by atoms with Crippen molar-refractivity contribution >= 4 is 32.3 Å². The SMILES string of the molecule is CC1(C)c2ccccc2-c2c1cc(-c1cccc(-c3c4ccccc4c(-c4cccc5ccccc45)c4ccccc34)c1)c1c2-c2ccccc2C1(C)C. The molecule has 9 aromatic rings. The molecule has 0 aliphatic heterocycles. The summed E-state index contributed by atoms with van der Waals surface area (Å²) in [7, 11) is 0. The Balaban J connectivity index is 1.20. The number of rotatable bonds is 3. The lowest BCUT2D eigenvalue weighted by Crippen LogP contribution is -2.18. The van der Waals surface area contributed by atoms with E-state index in [1.54, 1.807) is 0 Å². The monoisotopic (exact) mass is 688 g/mol.